The van der Waals surface area contributed by atoms with Gasteiger partial charge < -0.3 is 15.4 Å². The van der Waals surface area contributed by atoms with Crippen LogP contribution in [0, 0.1) is 5.92 Å². The number of ether oxygens (including phenoxy) is 1. The first-order chi connectivity index (χ1) is 8.10. The molecule has 1 unspecified atom stereocenters. The van der Waals surface area contributed by atoms with E-state index in [1.54, 1.807) is 19.1 Å². The van der Waals surface area contributed by atoms with Gasteiger partial charge in [0.25, 0.3) is 0 Å². The second-order valence-electron chi connectivity index (χ2n) is 4.07. The molecule has 1 rings (SSSR count). The van der Waals surface area contributed by atoms with E-state index in [9.17, 15) is 4.79 Å². The summed E-state index contributed by atoms with van der Waals surface area (Å²) in [4.78, 5) is 13.7. The minimum Gasteiger partial charge on any atom is -0.497 e. The molecule has 2 N–H and O–H groups in total. The van der Waals surface area contributed by atoms with Crippen molar-refractivity contribution >= 4 is 11.6 Å². The van der Waals surface area contributed by atoms with Gasteiger partial charge in [-0.15, -0.1) is 0 Å². The Balaban J connectivity index is 2.74. The molecule has 0 bridgehead atoms. The van der Waals surface area contributed by atoms with E-state index >= 15 is 0 Å². The van der Waals surface area contributed by atoms with Crippen LogP contribution < -0.4 is 15.4 Å². The normalized spacial score (nSPS) is 12.0. The third-order valence-electron chi connectivity index (χ3n) is 2.81. The fourth-order valence-corrected chi connectivity index (χ4v) is 1.64. The molecule has 0 aliphatic rings. The van der Waals surface area contributed by atoms with Crippen LogP contribution in [0.15, 0.2) is 24.3 Å². The van der Waals surface area contributed by atoms with Crippen LogP contribution >= 0.6 is 0 Å². The van der Waals surface area contributed by atoms with Gasteiger partial charge in [-0.2, -0.15) is 0 Å². The van der Waals surface area contributed by atoms with Crippen molar-refractivity contribution in [2.75, 3.05) is 25.6 Å². The van der Waals surface area contributed by atoms with E-state index in [-0.39, 0.29) is 11.8 Å². The molecule has 0 spiro atoms. The van der Waals surface area contributed by atoms with E-state index in [4.69, 9.17) is 10.5 Å². The molecular weight excluding hydrogens is 216 g/mol. The Morgan fingerprint density at radius 2 is 2.00 bits per heavy atom. The van der Waals surface area contributed by atoms with Crippen molar-refractivity contribution in [1.82, 2.24) is 0 Å². The highest BCUT2D eigenvalue weighted by Crippen LogP contribution is 2.20. The molecule has 0 heterocycles. The maximum Gasteiger partial charge on any atom is 0.229 e. The summed E-state index contributed by atoms with van der Waals surface area (Å²) in [6, 6.07) is 7.41. The quantitative estimate of drug-likeness (QED) is 0.845. The molecule has 94 valence electrons. The van der Waals surface area contributed by atoms with Gasteiger partial charge in [0, 0.05) is 18.7 Å². The van der Waals surface area contributed by atoms with E-state index in [1.165, 1.54) is 0 Å². The number of nitrogens with two attached hydrogens (primary N) is 1. The number of anilines is 1. The molecule has 0 fully saturated rings. The zero-order chi connectivity index (χ0) is 12.8. The van der Waals surface area contributed by atoms with Gasteiger partial charge >= 0.3 is 0 Å². The Morgan fingerprint density at radius 3 is 2.47 bits per heavy atom. The van der Waals surface area contributed by atoms with Crippen LogP contribution in [-0.4, -0.2) is 26.6 Å². The van der Waals surface area contributed by atoms with Gasteiger partial charge in [-0.1, -0.05) is 6.92 Å². The Labute approximate surface area is 102 Å². The summed E-state index contributed by atoms with van der Waals surface area (Å²) in [5, 5.41) is 0. The molecule has 0 saturated heterocycles. The number of carbonyl (C=O) groups excluding carboxylic acids is 1. The highest BCUT2D eigenvalue weighted by Gasteiger charge is 2.17. The van der Waals surface area contributed by atoms with E-state index in [0.717, 1.165) is 11.4 Å². The summed E-state index contributed by atoms with van der Waals surface area (Å²) in [7, 11) is 3.39. The average Bonchev–Trinajstić information content (AvgIpc) is 2.37. The van der Waals surface area contributed by atoms with Crippen molar-refractivity contribution in [3.8, 4) is 5.75 Å². The van der Waals surface area contributed by atoms with Crippen LogP contribution in [0.3, 0.4) is 0 Å². The fraction of sp³-hybridized carbons (Fsp3) is 0.462. The number of nitrogens with zero attached hydrogens (tertiary/aromatic N) is 1. The molecule has 1 aromatic carbocycles. The van der Waals surface area contributed by atoms with Crippen molar-refractivity contribution in [1.29, 1.82) is 0 Å². The Morgan fingerprint density at radius 1 is 1.41 bits per heavy atom. The number of carbonyl (C=O) groups is 1. The van der Waals surface area contributed by atoms with Gasteiger partial charge in [-0.05, 0) is 37.2 Å². The topological polar surface area (TPSA) is 55.6 Å². The largest absolute Gasteiger partial charge is 0.497 e. The lowest BCUT2D eigenvalue weighted by Crippen LogP contribution is -2.32. The van der Waals surface area contributed by atoms with Crippen LogP contribution in [0.4, 0.5) is 5.69 Å². The summed E-state index contributed by atoms with van der Waals surface area (Å²) in [5.74, 6) is 0.817. The van der Waals surface area contributed by atoms with Gasteiger partial charge in [-0.25, -0.2) is 0 Å². The Kier molecular flexibility index (Phi) is 4.97. The number of amides is 1. The Hall–Kier alpha value is -1.55. The SMILES string of the molecule is COc1ccc(N(C)C(=O)C(C)CCN)cc1. The molecule has 0 saturated carbocycles. The van der Waals surface area contributed by atoms with E-state index in [1.807, 2.05) is 31.2 Å². The first-order valence-electron chi connectivity index (χ1n) is 5.71. The highest BCUT2D eigenvalue weighted by molar-refractivity contribution is 5.94. The van der Waals surface area contributed by atoms with Crippen molar-refractivity contribution < 1.29 is 9.53 Å². The molecule has 1 aromatic rings. The van der Waals surface area contributed by atoms with E-state index in [2.05, 4.69) is 0 Å². The van der Waals surface area contributed by atoms with Gasteiger partial charge in [0.2, 0.25) is 5.91 Å². The van der Waals surface area contributed by atoms with Crippen LogP contribution in [-0.2, 0) is 4.79 Å². The predicted molar refractivity (Wildman–Crippen MR) is 69.2 cm³/mol. The highest BCUT2D eigenvalue weighted by atomic mass is 16.5. The molecular formula is C13H20N2O2. The van der Waals surface area contributed by atoms with Crippen LogP contribution in [0.5, 0.6) is 5.75 Å². The van der Waals surface area contributed by atoms with Gasteiger partial charge in [0.15, 0.2) is 0 Å². The lowest BCUT2D eigenvalue weighted by atomic mass is 10.1. The van der Waals surface area contributed by atoms with Crippen LogP contribution in [0.2, 0.25) is 0 Å². The molecule has 1 amide bonds. The lowest BCUT2D eigenvalue weighted by Gasteiger charge is -2.21. The maximum atomic E-state index is 12.0. The third-order valence-corrected chi connectivity index (χ3v) is 2.81. The van der Waals surface area contributed by atoms with Crippen LogP contribution in [0.25, 0.3) is 0 Å². The minimum absolute atomic E-state index is 0.0490. The molecule has 0 aromatic heterocycles. The molecule has 0 aliphatic heterocycles. The van der Waals surface area contributed by atoms with E-state index < -0.39 is 0 Å². The van der Waals surface area contributed by atoms with Crippen molar-refractivity contribution in [3.05, 3.63) is 24.3 Å². The van der Waals surface area contributed by atoms with Gasteiger partial charge in [0.05, 0.1) is 7.11 Å². The molecule has 17 heavy (non-hydrogen) atoms. The fourth-order valence-electron chi connectivity index (χ4n) is 1.64. The molecule has 0 aliphatic carbocycles. The lowest BCUT2D eigenvalue weighted by molar-refractivity contribution is -0.121. The molecule has 1 atom stereocenters. The summed E-state index contributed by atoms with van der Waals surface area (Å²) in [6.07, 6.45) is 0.708. The van der Waals surface area contributed by atoms with Gasteiger partial charge in [0.1, 0.15) is 5.75 Å². The van der Waals surface area contributed by atoms with Gasteiger partial charge in [-0.3, -0.25) is 4.79 Å². The second-order valence-corrected chi connectivity index (χ2v) is 4.07. The van der Waals surface area contributed by atoms with Crippen molar-refractivity contribution in [2.45, 2.75) is 13.3 Å². The predicted octanol–water partition coefficient (Wildman–Crippen LogP) is 1.64. The number of rotatable bonds is 5. The van der Waals surface area contributed by atoms with Crippen molar-refractivity contribution in [2.24, 2.45) is 11.7 Å². The zero-order valence-electron chi connectivity index (χ0n) is 10.6. The summed E-state index contributed by atoms with van der Waals surface area (Å²) in [6.45, 7) is 2.43. The first-order valence-corrected chi connectivity index (χ1v) is 5.71. The summed E-state index contributed by atoms with van der Waals surface area (Å²) in [5.41, 5.74) is 6.32. The maximum absolute atomic E-state index is 12.0. The molecule has 0 radical (unpaired) electrons. The third kappa shape index (κ3) is 3.46. The number of hydrogen-bond donors (Lipinski definition) is 1. The standard InChI is InChI=1S/C13H20N2O2/c1-10(8-9-14)13(16)15(2)11-4-6-12(17-3)7-5-11/h4-7,10H,8-9,14H2,1-3H3. The van der Waals surface area contributed by atoms with Crippen LogP contribution in [0.1, 0.15) is 13.3 Å². The minimum atomic E-state index is -0.0490. The number of methoxy groups -OCH3 is 1. The summed E-state index contributed by atoms with van der Waals surface area (Å²) < 4.78 is 5.08. The number of hydrogen-bond acceptors (Lipinski definition) is 3. The zero-order valence-corrected chi connectivity index (χ0v) is 10.6. The summed E-state index contributed by atoms with van der Waals surface area (Å²) >= 11 is 0. The second kappa shape index (κ2) is 6.25. The Bertz CT molecular complexity index is 362. The van der Waals surface area contributed by atoms with E-state index in [0.29, 0.717) is 13.0 Å². The smallest absolute Gasteiger partial charge is 0.229 e. The average molecular weight is 236 g/mol. The number of benzene rings is 1. The van der Waals surface area contributed by atoms with Crippen molar-refractivity contribution in [3.63, 3.8) is 0 Å². The monoisotopic (exact) mass is 236 g/mol. The first kappa shape index (κ1) is 13.5. The molecule has 4 heteroatoms. The molecule has 4 nitrogen and oxygen atoms in total.